The van der Waals surface area contributed by atoms with Gasteiger partial charge in [-0.05, 0) is 38.1 Å². The highest BCUT2D eigenvalue weighted by Gasteiger charge is 2.31. The number of hydrogen-bond donors (Lipinski definition) is 2. The minimum Gasteiger partial charge on any atom is -0.479 e. The quantitative estimate of drug-likeness (QED) is 0.715. The van der Waals surface area contributed by atoms with Crippen LogP contribution in [0.2, 0.25) is 0 Å². The molecule has 0 spiro atoms. The molecule has 0 saturated carbocycles. The number of nitrogens with zero attached hydrogens (tertiary/aromatic N) is 2. The van der Waals surface area contributed by atoms with Gasteiger partial charge in [0.15, 0.2) is 6.10 Å². The molecule has 0 aliphatic carbocycles. The number of fused-ring (bicyclic) bond motifs is 2. The highest BCUT2D eigenvalue weighted by molar-refractivity contribution is 6.00. The third kappa shape index (κ3) is 3.43. The van der Waals surface area contributed by atoms with Gasteiger partial charge in [-0.2, -0.15) is 0 Å². The van der Waals surface area contributed by atoms with Crippen molar-refractivity contribution in [1.82, 2.24) is 15.3 Å². The number of ether oxygens (including phenoxy) is 1. The minimum absolute atomic E-state index is 0.141. The Labute approximate surface area is 162 Å². The van der Waals surface area contributed by atoms with Gasteiger partial charge in [-0.3, -0.25) is 9.59 Å². The second kappa shape index (κ2) is 7.34. The number of aromatic nitrogens is 2. The summed E-state index contributed by atoms with van der Waals surface area (Å²) in [4.78, 5) is 34.3. The summed E-state index contributed by atoms with van der Waals surface area (Å²) in [5.41, 5.74) is 2.50. The fourth-order valence-corrected chi connectivity index (χ4v) is 3.36. The number of para-hydroxylation sites is 4. The van der Waals surface area contributed by atoms with Crippen LogP contribution in [-0.4, -0.2) is 34.4 Å². The molecule has 0 saturated heterocycles. The number of H-pyrrole nitrogens is 1. The molecule has 0 bridgehead atoms. The average molecular weight is 378 g/mol. The third-order valence-electron chi connectivity index (χ3n) is 4.83. The predicted molar refractivity (Wildman–Crippen MR) is 106 cm³/mol. The molecule has 144 valence electrons. The number of aromatic amines is 1. The number of nitrogens with one attached hydrogen (secondary N) is 2. The van der Waals surface area contributed by atoms with Gasteiger partial charge in [-0.25, -0.2) is 4.98 Å². The third-order valence-corrected chi connectivity index (χ3v) is 4.83. The molecule has 28 heavy (non-hydrogen) atoms. The normalized spacial score (nSPS) is 17.1. The van der Waals surface area contributed by atoms with E-state index >= 15 is 0 Å². The van der Waals surface area contributed by atoms with Crippen molar-refractivity contribution in [2.45, 2.75) is 32.4 Å². The topological polar surface area (TPSA) is 87.3 Å². The standard InChI is InChI=1S/C21H22N4O3/c1-13(20-23-15-7-3-4-8-16(15)24-20)22-19(26)11-12-25-17-9-5-6-10-18(17)28-14(2)21(25)27/h3-10,13-14H,11-12H2,1-2H3,(H,22,26)(H,23,24)/t13-,14-/m1/s1. The zero-order chi connectivity index (χ0) is 19.7. The van der Waals surface area contributed by atoms with E-state index in [-0.39, 0.29) is 24.3 Å². The number of carbonyl (C=O) groups is 2. The molecule has 2 N–H and O–H groups in total. The fourth-order valence-electron chi connectivity index (χ4n) is 3.36. The lowest BCUT2D eigenvalue weighted by atomic mass is 10.1. The van der Waals surface area contributed by atoms with Gasteiger partial charge < -0.3 is 19.9 Å². The molecule has 2 amide bonds. The molecule has 4 rings (SSSR count). The molecule has 7 nitrogen and oxygen atoms in total. The van der Waals surface area contributed by atoms with Gasteiger partial charge in [0.1, 0.15) is 11.6 Å². The molecular formula is C21H22N4O3. The van der Waals surface area contributed by atoms with Crippen molar-refractivity contribution in [2.75, 3.05) is 11.4 Å². The Hall–Kier alpha value is -3.35. The summed E-state index contributed by atoms with van der Waals surface area (Å²) in [7, 11) is 0. The summed E-state index contributed by atoms with van der Waals surface area (Å²) in [6.07, 6.45) is -0.371. The Morgan fingerprint density at radius 3 is 2.82 bits per heavy atom. The van der Waals surface area contributed by atoms with E-state index in [9.17, 15) is 9.59 Å². The summed E-state index contributed by atoms with van der Waals surface area (Å²) in [5.74, 6) is 1.08. The van der Waals surface area contributed by atoms with Crippen molar-refractivity contribution in [3.63, 3.8) is 0 Å². The van der Waals surface area contributed by atoms with E-state index in [0.717, 1.165) is 11.0 Å². The molecule has 1 aromatic heterocycles. The SMILES string of the molecule is C[C@H]1Oc2ccccc2N(CCC(=O)N[C@H](C)c2nc3ccccc3[nH]2)C1=O. The first-order valence-corrected chi connectivity index (χ1v) is 9.34. The van der Waals surface area contributed by atoms with E-state index in [1.54, 1.807) is 11.8 Å². The summed E-state index contributed by atoms with van der Waals surface area (Å²) in [5, 5.41) is 2.94. The lowest BCUT2D eigenvalue weighted by Gasteiger charge is -2.32. The molecule has 2 heterocycles. The van der Waals surface area contributed by atoms with E-state index in [4.69, 9.17) is 4.74 Å². The second-order valence-electron chi connectivity index (χ2n) is 6.90. The molecule has 7 heteroatoms. The lowest BCUT2D eigenvalue weighted by Crippen LogP contribution is -2.45. The molecule has 2 atom stereocenters. The number of hydrogen-bond acceptors (Lipinski definition) is 4. The Bertz CT molecular complexity index is 996. The van der Waals surface area contributed by atoms with E-state index < -0.39 is 6.10 Å². The predicted octanol–water partition coefficient (Wildman–Crippen LogP) is 2.94. The highest BCUT2D eigenvalue weighted by atomic mass is 16.5. The van der Waals surface area contributed by atoms with E-state index in [1.807, 2.05) is 55.5 Å². The van der Waals surface area contributed by atoms with Crippen LogP contribution >= 0.6 is 0 Å². The number of benzene rings is 2. The second-order valence-corrected chi connectivity index (χ2v) is 6.90. The van der Waals surface area contributed by atoms with Crippen LogP contribution in [0.3, 0.4) is 0 Å². The van der Waals surface area contributed by atoms with E-state index in [0.29, 0.717) is 23.8 Å². The maximum atomic E-state index is 12.5. The Morgan fingerprint density at radius 2 is 2.00 bits per heavy atom. The Morgan fingerprint density at radius 1 is 1.25 bits per heavy atom. The molecule has 2 aromatic carbocycles. The molecular weight excluding hydrogens is 356 g/mol. The molecule has 0 fully saturated rings. The number of carbonyl (C=O) groups excluding carboxylic acids is 2. The van der Waals surface area contributed by atoms with Crippen LogP contribution in [-0.2, 0) is 9.59 Å². The van der Waals surface area contributed by atoms with Gasteiger partial charge in [0.2, 0.25) is 5.91 Å². The van der Waals surface area contributed by atoms with Crippen molar-refractivity contribution < 1.29 is 14.3 Å². The van der Waals surface area contributed by atoms with Gasteiger partial charge in [0.25, 0.3) is 5.91 Å². The van der Waals surface area contributed by atoms with Crippen molar-refractivity contribution in [2.24, 2.45) is 0 Å². The molecule has 0 unspecified atom stereocenters. The first kappa shape index (κ1) is 18.0. The monoisotopic (exact) mass is 378 g/mol. The summed E-state index contributed by atoms with van der Waals surface area (Å²) >= 11 is 0. The summed E-state index contributed by atoms with van der Waals surface area (Å²) in [6.45, 7) is 3.89. The first-order valence-electron chi connectivity index (χ1n) is 9.34. The summed E-state index contributed by atoms with van der Waals surface area (Å²) in [6, 6.07) is 14.8. The van der Waals surface area contributed by atoms with Crippen LogP contribution in [0.5, 0.6) is 5.75 Å². The first-order chi connectivity index (χ1) is 13.5. The number of rotatable bonds is 5. The van der Waals surface area contributed by atoms with Crippen LogP contribution in [0.1, 0.15) is 32.1 Å². The van der Waals surface area contributed by atoms with Crippen molar-refractivity contribution in [1.29, 1.82) is 0 Å². The number of amides is 2. The maximum Gasteiger partial charge on any atom is 0.267 e. The van der Waals surface area contributed by atoms with Gasteiger partial charge in [-0.1, -0.05) is 24.3 Å². The van der Waals surface area contributed by atoms with Crippen molar-refractivity contribution >= 4 is 28.5 Å². The van der Waals surface area contributed by atoms with Gasteiger partial charge in [-0.15, -0.1) is 0 Å². The zero-order valence-corrected chi connectivity index (χ0v) is 15.8. The Kier molecular flexibility index (Phi) is 4.73. The van der Waals surface area contributed by atoms with Gasteiger partial charge in [0, 0.05) is 13.0 Å². The van der Waals surface area contributed by atoms with E-state index in [2.05, 4.69) is 15.3 Å². The summed E-state index contributed by atoms with van der Waals surface area (Å²) < 4.78 is 5.63. The van der Waals surface area contributed by atoms with Crippen LogP contribution in [0.15, 0.2) is 48.5 Å². The molecule has 1 aliphatic heterocycles. The zero-order valence-electron chi connectivity index (χ0n) is 15.8. The minimum atomic E-state index is -0.563. The average Bonchev–Trinajstić information content (AvgIpc) is 3.13. The highest BCUT2D eigenvalue weighted by Crippen LogP contribution is 2.33. The van der Waals surface area contributed by atoms with Crippen LogP contribution in [0.4, 0.5) is 5.69 Å². The van der Waals surface area contributed by atoms with Gasteiger partial charge in [0.05, 0.1) is 22.8 Å². The largest absolute Gasteiger partial charge is 0.479 e. The molecule has 3 aromatic rings. The van der Waals surface area contributed by atoms with E-state index in [1.165, 1.54) is 0 Å². The van der Waals surface area contributed by atoms with Crippen LogP contribution in [0.25, 0.3) is 11.0 Å². The molecule has 1 aliphatic rings. The van der Waals surface area contributed by atoms with Crippen molar-refractivity contribution in [3.05, 3.63) is 54.4 Å². The number of imidazole rings is 1. The maximum absolute atomic E-state index is 12.5. The molecule has 0 radical (unpaired) electrons. The van der Waals surface area contributed by atoms with Crippen LogP contribution < -0.4 is 15.0 Å². The lowest BCUT2D eigenvalue weighted by molar-refractivity contribution is -0.125. The van der Waals surface area contributed by atoms with Crippen molar-refractivity contribution in [3.8, 4) is 5.75 Å². The van der Waals surface area contributed by atoms with Gasteiger partial charge >= 0.3 is 0 Å². The van der Waals surface area contributed by atoms with Crippen LogP contribution in [0, 0.1) is 0 Å². The fraction of sp³-hybridized carbons (Fsp3) is 0.286. The Balaban J connectivity index is 1.41. The smallest absolute Gasteiger partial charge is 0.267 e. The number of anilines is 1.